The zero-order valence-corrected chi connectivity index (χ0v) is 19.0. The van der Waals surface area contributed by atoms with Gasteiger partial charge in [0.1, 0.15) is 6.10 Å². The van der Waals surface area contributed by atoms with Crippen LogP contribution in [0.15, 0.2) is 23.0 Å². The van der Waals surface area contributed by atoms with Crippen LogP contribution in [0.1, 0.15) is 65.0 Å². The highest BCUT2D eigenvalue weighted by Crippen LogP contribution is 2.64. The van der Waals surface area contributed by atoms with Gasteiger partial charge in [-0.3, -0.25) is 14.4 Å². The Morgan fingerprint density at radius 1 is 1.26 bits per heavy atom. The molecule has 2 heterocycles. The molecule has 1 aromatic rings. The lowest BCUT2D eigenvalue weighted by Crippen LogP contribution is -2.66. The number of carbonyl (C=O) groups excluding carboxylic acids is 3. The van der Waals surface area contributed by atoms with Gasteiger partial charge in [0.05, 0.1) is 37.5 Å². The van der Waals surface area contributed by atoms with E-state index in [0.29, 0.717) is 25.7 Å². The summed E-state index contributed by atoms with van der Waals surface area (Å²) in [5, 5.41) is 3.36. The van der Waals surface area contributed by atoms with Gasteiger partial charge in [-0.1, -0.05) is 27.7 Å². The normalized spacial score (nSPS) is 40.1. The Hall–Kier alpha value is -2.15. The minimum Gasteiger partial charge on any atom is -0.472 e. The molecule has 3 aliphatic rings. The van der Waals surface area contributed by atoms with Crippen molar-refractivity contribution in [3.05, 3.63) is 24.2 Å². The SMILES string of the molecule is COC(=O)[C@@H]1C[C@H](NC(C)C)C(=O)[C@H]2[C@@]1(C)CC[C@H]1C(=O)O[C@@H](c3ccoc3)C[C@]21C. The van der Waals surface area contributed by atoms with E-state index in [9.17, 15) is 14.4 Å². The fourth-order valence-corrected chi connectivity index (χ4v) is 6.75. The first-order valence-electron chi connectivity index (χ1n) is 11.2. The molecule has 4 rings (SSSR count). The molecule has 0 unspecified atom stereocenters. The van der Waals surface area contributed by atoms with Gasteiger partial charge in [-0.15, -0.1) is 0 Å². The molecule has 0 bridgehead atoms. The van der Waals surface area contributed by atoms with Crippen LogP contribution in [0.3, 0.4) is 0 Å². The molecule has 1 saturated heterocycles. The van der Waals surface area contributed by atoms with Crippen LogP contribution >= 0.6 is 0 Å². The number of carbonyl (C=O) groups is 3. The van der Waals surface area contributed by atoms with Crippen molar-refractivity contribution in [2.45, 2.75) is 71.6 Å². The van der Waals surface area contributed by atoms with E-state index in [1.165, 1.54) is 7.11 Å². The van der Waals surface area contributed by atoms with Crippen molar-refractivity contribution in [3.8, 4) is 0 Å². The highest BCUT2D eigenvalue weighted by atomic mass is 16.5. The predicted octanol–water partition coefficient (Wildman–Crippen LogP) is 3.44. The molecule has 170 valence electrons. The van der Waals surface area contributed by atoms with Gasteiger partial charge in [-0.05, 0) is 42.6 Å². The molecule has 0 radical (unpaired) electrons. The van der Waals surface area contributed by atoms with Crippen LogP contribution in [0.5, 0.6) is 0 Å². The predicted molar refractivity (Wildman–Crippen MR) is 112 cm³/mol. The molecule has 3 fully saturated rings. The zero-order valence-electron chi connectivity index (χ0n) is 19.0. The highest BCUT2D eigenvalue weighted by Gasteiger charge is 2.67. The van der Waals surface area contributed by atoms with Crippen molar-refractivity contribution in [2.24, 2.45) is 28.6 Å². The number of ether oxygens (including phenoxy) is 2. The molecule has 1 N–H and O–H groups in total. The van der Waals surface area contributed by atoms with E-state index in [0.717, 1.165) is 5.56 Å². The zero-order chi connectivity index (χ0) is 22.6. The lowest BCUT2D eigenvalue weighted by Gasteiger charge is -2.61. The molecular formula is C24H33NO6. The second-order valence-electron chi connectivity index (χ2n) is 10.3. The number of Topliss-reactive ketones (excluding diaryl/α,β-unsaturated/α-hetero) is 1. The van der Waals surface area contributed by atoms with Crippen LogP contribution in [-0.4, -0.2) is 36.9 Å². The molecule has 7 atom stereocenters. The molecule has 2 saturated carbocycles. The van der Waals surface area contributed by atoms with E-state index < -0.39 is 34.8 Å². The van der Waals surface area contributed by atoms with Crippen molar-refractivity contribution in [2.75, 3.05) is 7.11 Å². The van der Waals surface area contributed by atoms with E-state index in [1.807, 2.05) is 27.7 Å². The molecule has 0 aromatic carbocycles. The first-order valence-corrected chi connectivity index (χ1v) is 11.2. The van der Waals surface area contributed by atoms with Gasteiger partial charge < -0.3 is 19.2 Å². The smallest absolute Gasteiger partial charge is 0.310 e. The number of ketones is 1. The van der Waals surface area contributed by atoms with E-state index in [4.69, 9.17) is 13.9 Å². The summed E-state index contributed by atoms with van der Waals surface area (Å²) < 4.78 is 16.2. The molecule has 1 aromatic heterocycles. The van der Waals surface area contributed by atoms with Crippen molar-refractivity contribution >= 4 is 17.7 Å². The Kier molecular flexibility index (Phi) is 5.53. The molecule has 31 heavy (non-hydrogen) atoms. The summed E-state index contributed by atoms with van der Waals surface area (Å²) in [6, 6.07) is 1.45. The highest BCUT2D eigenvalue weighted by molar-refractivity contribution is 5.92. The lowest BCUT2D eigenvalue weighted by atomic mass is 9.43. The van der Waals surface area contributed by atoms with Crippen LogP contribution < -0.4 is 5.32 Å². The van der Waals surface area contributed by atoms with Crippen molar-refractivity contribution in [3.63, 3.8) is 0 Å². The molecule has 7 heteroatoms. The number of esters is 2. The van der Waals surface area contributed by atoms with Crippen LogP contribution in [0.25, 0.3) is 0 Å². The number of hydrogen-bond donors (Lipinski definition) is 1. The summed E-state index contributed by atoms with van der Waals surface area (Å²) in [5.74, 6) is -1.65. The Morgan fingerprint density at radius 3 is 2.61 bits per heavy atom. The third-order valence-corrected chi connectivity index (χ3v) is 8.09. The van der Waals surface area contributed by atoms with Gasteiger partial charge in [-0.2, -0.15) is 0 Å². The molecule has 1 aliphatic heterocycles. The Bertz CT molecular complexity index is 863. The van der Waals surface area contributed by atoms with Gasteiger partial charge in [0.2, 0.25) is 0 Å². The molecule has 0 spiro atoms. The maximum Gasteiger partial charge on any atom is 0.310 e. The second-order valence-corrected chi connectivity index (χ2v) is 10.3. The van der Waals surface area contributed by atoms with E-state index in [1.54, 1.807) is 18.6 Å². The molecule has 7 nitrogen and oxygen atoms in total. The number of furan rings is 1. The average molecular weight is 432 g/mol. The summed E-state index contributed by atoms with van der Waals surface area (Å²) in [6.07, 6.45) is 4.85. The minimum absolute atomic E-state index is 0.0961. The van der Waals surface area contributed by atoms with Crippen LogP contribution in [0.4, 0.5) is 0 Å². The first-order chi connectivity index (χ1) is 14.6. The minimum atomic E-state index is -0.620. The monoisotopic (exact) mass is 431 g/mol. The lowest BCUT2D eigenvalue weighted by molar-refractivity contribution is -0.203. The third-order valence-electron chi connectivity index (χ3n) is 8.09. The number of nitrogens with one attached hydrogen (secondary N) is 1. The Labute approximate surface area is 183 Å². The van der Waals surface area contributed by atoms with E-state index in [-0.39, 0.29) is 29.7 Å². The quantitative estimate of drug-likeness (QED) is 0.730. The number of methoxy groups -OCH3 is 1. The van der Waals surface area contributed by atoms with Crippen molar-refractivity contribution in [1.82, 2.24) is 5.32 Å². The number of hydrogen-bond acceptors (Lipinski definition) is 7. The topological polar surface area (TPSA) is 94.8 Å². The van der Waals surface area contributed by atoms with Crippen molar-refractivity contribution in [1.29, 1.82) is 0 Å². The van der Waals surface area contributed by atoms with Crippen LogP contribution in [0, 0.1) is 28.6 Å². The fourth-order valence-electron chi connectivity index (χ4n) is 6.75. The maximum absolute atomic E-state index is 13.9. The van der Waals surface area contributed by atoms with Crippen LogP contribution in [0.2, 0.25) is 0 Å². The van der Waals surface area contributed by atoms with Gasteiger partial charge in [0, 0.05) is 17.5 Å². The fraction of sp³-hybridized carbons (Fsp3) is 0.708. The van der Waals surface area contributed by atoms with Crippen LogP contribution in [-0.2, 0) is 23.9 Å². The van der Waals surface area contributed by atoms with Gasteiger partial charge in [0.15, 0.2) is 5.78 Å². The van der Waals surface area contributed by atoms with Gasteiger partial charge >= 0.3 is 11.9 Å². The average Bonchev–Trinajstić information content (AvgIpc) is 3.23. The molecule has 0 amide bonds. The van der Waals surface area contributed by atoms with Crippen molar-refractivity contribution < 1.29 is 28.3 Å². The van der Waals surface area contributed by atoms with E-state index in [2.05, 4.69) is 5.32 Å². The second kappa shape index (κ2) is 7.76. The van der Waals surface area contributed by atoms with Gasteiger partial charge in [-0.25, -0.2) is 0 Å². The summed E-state index contributed by atoms with van der Waals surface area (Å²) in [6.45, 7) is 8.06. The number of rotatable bonds is 4. The first kappa shape index (κ1) is 22.1. The summed E-state index contributed by atoms with van der Waals surface area (Å²) in [4.78, 5) is 39.9. The number of fused-ring (bicyclic) bond motifs is 3. The van der Waals surface area contributed by atoms with Gasteiger partial charge in [0.25, 0.3) is 0 Å². The van der Waals surface area contributed by atoms with E-state index >= 15 is 0 Å². The summed E-state index contributed by atoms with van der Waals surface area (Å²) in [5.41, 5.74) is -0.390. The maximum atomic E-state index is 13.9. The number of cyclic esters (lactones) is 1. The standard InChI is InChI=1S/C24H33NO6/c1-13(2)25-17-10-16(21(27)29-5)23(3)8-6-15-22(28)31-18(14-7-9-30-12-14)11-24(15,4)20(23)19(17)26/h7,9,12-13,15-18,20,25H,6,8,10-11H2,1-5H3/t15-,16-,17-,18+,20-,23-,24-/m0/s1. The Balaban J connectivity index is 1.79. The largest absolute Gasteiger partial charge is 0.472 e. The third kappa shape index (κ3) is 3.41. The summed E-state index contributed by atoms with van der Waals surface area (Å²) in [7, 11) is 1.41. The molecular weight excluding hydrogens is 398 g/mol. The molecule has 2 aliphatic carbocycles. The summed E-state index contributed by atoms with van der Waals surface area (Å²) >= 11 is 0. The Morgan fingerprint density at radius 2 is 2.00 bits per heavy atom.